The monoisotopic (exact) mass is 539 g/mol. The molecule has 0 radical (unpaired) electrons. The lowest BCUT2D eigenvalue weighted by molar-refractivity contribution is -0.118. The van der Waals surface area contributed by atoms with Crippen molar-refractivity contribution in [3.8, 4) is 5.75 Å². The van der Waals surface area contributed by atoms with E-state index in [9.17, 15) is 9.59 Å². The maximum absolute atomic E-state index is 13.4. The molecule has 0 N–H and O–H groups in total. The molecule has 3 aromatic rings. The molecular weight excluding hydrogens is 506 g/mol. The summed E-state index contributed by atoms with van der Waals surface area (Å²) in [5, 5.41) is 4.35. The largest absolute Gasteiger partial charge is 0.497 e. The fourth-order valence-electron chi connectivity index (χ4n) is 4.30. The second-order valence-corrected chi connectivity index (χ2v) is 10.8. The number of halogens is 1. The third-order valence-corrected chi connectivity index (χ3v) is 7.88. The number of fused-ring (bicyclic) bond motifs is 1. The van der Waals surface area contributed by atoms with Crippen molar-refractivity contribution in [2.75, 3.05) is 18.6 Å². The van der Waals surface area contributed by atoms with Crippen LogP contribution >= 0.6 is 22.9 Å². The summed E-state index contributed by atoms with van der Waals surface area (Å²) in [7, 11) is 1.62. The number of Topliss-reactive ketones (excluding diaryl/α,β-unsaturated/α-hetero) is 1. The molecule has 1 fully saturated rings. The standard InChI is InChI=1S/C29H34ClN3O3S/c1-4-22(30)8-6-5-7-20(2)28(35)25-19-32(26-17-23(36-3)11-12-24(25)26)15-13-27(34)33(18-21-9-10-21)29-31-14-16-37-29/h7-8,11-12,14,16-17,19,21H,4-6,9-10,13,15,18H2,1-3H3/b20-7+,22-8+. The average Bonchev–Trinajstić information content (AvgIpc) is 3.43. The minimum atomic E-state index is -0.0102. The van der Waals surface area contributed by atoms with Gasteiger partial charge in [0.05, 0.1) is 12.6 Å². The molecule has 196 valence electrons. The molecule has 0 saturated heterocycles. The van der Waals surface area contributed by atoms with Gasteiger partial charge in [0, 0.05) is 59.3 Å². The highest BCUT2D eigenvalue weighted by molar-refractivity contribution is 7.13. The molecule has 2 heterocycles. The van der Waals surface area contributed by atoms with Gasteiger partial charge in [-0.3, -0.25) is 14.5 Å². The fourth-order valence-corrected chi connectivity index (χ4v) is 5.08. The van der Waals surface area contributed by atoms with Crippen LogP contribution in [0.4, 0.5) is 5.13 Å². The van der Waals surface area contributed by atoms with Crippen LogP contribution < -0.4 is 9.64 Å². The van der Waals surface area contributed by atoms with Gasteiger partial charge in [0.15, 0.2) is 10.9 Å². The number of aryl methyl sites for hydroxylation is 1. The van der Waals surface area contributed by atoms with E-state index in [1.165, 1.54) is 11.3 Å². The summed E-state index contributed by atoms with van der Waals surface area (Å²) in [6, 6.07) is 5.72. The predicted molar refractivity (Wildman–Crippen MR) is 152 cm³/mol. The number of ether oxygens (including phenoxy) is 1. The van der Waals surface area contributed by atoms with Crippen LogP contribution in [0.2, 0.25) is 0 Å². The van der Waals surface area contributed by atoms with E-state index in [-0.39, 0.29) is 11.7 Å². The molecule has 37 heavy (non-hydrogen) atoms. The van der Waals surface area contributed by atoms with Gasteiger partial charge in [-0.2, -0.15) is 0 Å². The summed E-state index contributed by atoms with van der Waals surface area (Å²) in [5.74, 6) is 1.32. The first-order valence-corrected chi connectivity index (χ1v) is 14.1. The second kappa shape index (κ2) is 12.6. The highest BCUT2D eigenvalue weighted by atomic mass is 35.5. The number of anilines is 1. The molecule has 0 atom stereocenters. The van der Waals surface area contributed by atoms with Crippen LogP contribution in [0, 0.1) is 5.92 Å². The average molecular weight is 540 g/mol. The summed E-state index contributed by atoms with van der Waals surface area (Å²) in [4.78, 5) is 32.9. The van der Waals surface area contributed by atoms with Crippen molar-refractivity contribution in [1.29, 1.82) is 0 Å². The Bertz CT molecular complexity index is 1310. The van der Waals surface area contributed by atoms with E-state index in [1.54, 1.807) is 13.3 Å². The summed E-state index contributed by atoms with van der Waals surface area (Å²) in [6.07, 6.45) is 12.6. The van der Waals surface area contributed by atoms with Crippen LogP contribution in [0.25, 0.3) is 10.9 Å². The maximum Gasteiger partial charge on any atom is 0.230 e. The molecule has 0 spiro atoms. The number of hydrogen-bond donors (Lipinski definition) is 0. The summed E-state index contributed by atoms with van der Waals surface area (Å²) in [6.45, 7) is 5.06. The first-order valence-electron chi connectivity index (χ1n) is 12.8. The van der Waals surface area contributed by atoms with Crippen molar-refractivity contribution < 1.29 is 14.3 Å². The highest BCUT2D eigenvalue weighted by Crippen LogP contribution is 2.33. The normalized spacial score (nSPS) is 14.3. The summed E-state index contributed by atoms with van der Waals surface area (Å²) >= 11 is 7.58. The number of amides is 1. The van der Waals surface area contributed by atoms with Gasteiger partial charge >= 0.3 is 0 Å². The number of unbranched alkanes of at least 4 members (excludes halogenated alkanes) is 1. The van der Waals surface area contributed by atoms with E-state index in [0.29, 0.717) is 35.8 Å². The minimum absolute atomic E-state index is 0.0102. The van der Waals surface area contributed by atoms with Crippen molar-refractivity contribution in [1.82, 2.24) is 9.55 Å². The molecule has 0 aliphatic heterocycles. The number of allylic oxidation sites excluding steroid dienone is 4. The number of hydrogen-bond acceptors (Lipinski definition) is 5. The summed E-state index contributed by atoms with van der Waals surface area (Å²) in [5.41, 5.74) is 2.21. The fraction of sp³-hybridized carbons (Fsp3) is 0.414. The molecule has 1 aromatic carbocycles. The lowest BCUT2D eigenvalue weighted by Crippen LogP contribution is -2.33. The number of benzene rings is 1. The van der Waals surface area contributed by atoms with E-state index >= 15 is 0 Å². The molecule has 0 unspecified atom stereocenters. The maximum atomic E-state index is 13.4. The van der Waals surface area contributed by atoms with Crippen molar-refractivity contribution >= 4 is 50.7 Å². The second-order valence-electron chi connectivity index (χ2n) is 9.43. The van der Waals surface area contributed by atoms with Crippen LogP contribution in [0.1, 0.15) is 62.7 Å². The molecule has 0 bridgehead atoms. The molecule has 1 aliphatic rings. The third-order valence-electron chi connectivity index (χ3n) is 6.67. The van der Waals surface area contributed by atoms with Gasteiger partial charge < -0.3 is 9.30 Å². The number of ketones is 1. The van der Waals surface area contributed by atoms with Crippen LogP contribution in [-0.2, 0) is 11.3 Å². The lowest BCUT2D eigenvalue weighted by Gasteiger charge is -2.20. The van der Waals surface area contributed by atoms with Crippen molar-refractivity contribution in [2.24, 2.45) is 5.92 Å². The minimum Gasteiger partial charge on any atom is -0.497 e. The lowest BCUT2D eigenvalue weighted by atomic mass is 10.0. The zero-order chi connectivity index (χ0) is 26.4. The Morgan fingerprint density at radius 3 is 2.73 bits per heavy atom. The zero-order valence-corrected chi connectivity index (χ0v) is 23.3. The van der Waals surface area contributed by atoms with E-state index < -0.39 is 0 Å². The van der Waals surface area contributed by atoms with Gasteiger partial charge in [-0.25, -0.2) is 4.98 Å². The summed E-state index contributed by atoms with van der Waals surface area (Å²) < 4.78 is 7.44. The number of nitrogens with zero attached hydrogens (tertiary/aromatic N) is 3. The first kappa shape index (κ1) is 27.1. The van der Waals surface area contributed by atoms with E-state index in [1.807, 2.05) is 65.2 Å². The van der Waals surface area contributed by atoms with Gasteiger partial charge in [0.1, 0.15) is 5.75 Å². The number of thiazole rings is 1. The Morgan fingerprint density at radius 2 is 2.05 bits per heavy atom. The van der Waals surface area contributed by atoms with E-state index in [4.69, 9.17) is 16.3 Å². The number of methoxy groups -OCH3 is 1. The Balaban J connectivity index is 1.54. The molecule has 4 rings (SSSR count). The predicted octanol–water partition coefficient (Wildman–Crippen LogP) is 7.38. The van der Waals surface area contributed by atoms with E-state index in [0.717, 1.165) is 59.7 Å². The van der Waals surface area contributed by atoms with Gasteiger partial charge in [-0.05, 0) is 62.7 Å². The van der Waals surface area contributed by atoms with Crippen LogP contribution in [0.15, 0.2) is 58.7 Å². The van der Waals surface area contributed by atoms with Crippen molar-refractivity contribution in [3.05, 3.63) is 64.3 Å². The Kier molecular flexibility index (Phi) is 9.22. The topological polar surface area (TPSA) is 64.4 Å². The van der Waals surface area contributed by atoms with Crippen molar-refractivity contribution in [2.45, 2.75) is 58.9 Å². The molecule has 6 nitrogen and oxygen atoms in total. The molecular formula is C29H34ClN3O3S. The van der Waals surface area contributed by atoms with Gasteiger partial charge in [-0.15, -0.1) is 11.3 Å². The van der Waals surface area contributed by atoms with E-state index in [2.05, 4.69) is 4.98 Å². The SMILES string of the molecule is CC/C(Cl)=C\CC/C=C(\C)C(=O)c1cn(CCC(=O)N(CC2CC2)c2nccs2)c2cc(OC)ccc12. The van der Waals surface area contributed by atoms with Crippen LogP contribution in [0.3, 0.4) is 0 Å². The van der Waals surface area contributed by atoms with Gasteiger partial charge in [0.2, 0.25) is 5.91 Å². The molecule has 1 amide bonds. The third kappa shape index (κ3) is 6.90. The Labute approximate surface area is 227 Å². The number of aromatic nitrogens is 2. The zero-order valence-electron chi connectivity index (χ0n) is 21.7. The molecule has 1 aliphatic carbocycles. The van der Waals surface area contributed by atoms with Crippen LogP contribution in [0.5, 0.6) is 5.75 Å². The number of carbonyl (C=O) groups excluding carboxylic acids is 2. The van der Waals surface area contributed by atoms with Crippen LogP contribution in [-0.4, -0.2) is 34.9 Å². The first-order chi connectivity index (χ1) is 17.9. The van der Waals surface area contributed by atoms with Crippen molar-refractivity contribution in [3.63, 3.8) is 0 Å². The number of carbonyl (C=O) groups is 2. The smallest absolute Gasteiger partial charge is 0.230 e. The quantitative estimate of drug-likeness (QED) is 0.129. The Morgan fingerprint density at radius 1 is 1.27 bits per heavy atom. The molecule has 2 aromatic heterocycles. The highest BCUT2D eigenvalue weighted by Gasteiger charge is 2.29. The molecule has 1 saturated carbocycles. The molecule has 8 heteroatoms. The van der Waals surface area contributed by atoms with Gasteiger partial charge in [0.25, 0.3) is 0 Å². The Hall–Kier alpha value is -2.90. The number of rotatable bonds is 13. The van der Waals surface area contributed by atoms with Gasteiger partial charge in [-0.1, -0.05) is 30.7 Å².